The second-order valence-corrected chi connectivity index (χ2v) is 12.4. The number of urea groups is 2. The van der Waals surface area contributed by atoms with Crippen LogP contribution in [0.3, 0.4) is 0 Å². The van der Waals surface area contributed by atoms with Crippen LogP contribution in [-0.2, 0) is 42.7 Å². The average Bonchev–Trinajstić information content (AvgIpc) is 3.19. The maximum Gasteiger partial charge on any atom is 1.00 e. The molecular weight excluding hydrogens is 759 g/mol. The van der Waals surface area contributed by atoms with Gasteiger partial charge in [0.25, 0.3) is 0 Å². The van der Waals surface area contributed by atoms with E-state index in [-0.39, 0.29) is 36.8 Å². The molecule has 0 bridgehead atoms. The quantitative estimate of drug-likeness (QED) is 0.0172. The monoisotopic (exact) mass is 833 g/mol. The first-order valence-electron chi connectivity index (χ1n) is 19.7. The molecule has 338 valence electrons. The fourth-order valence-electron chi connectivity index (χ4n) is 5.08. The Bertz CT molecular complexity index is 966. The number of carbonyl (C=O) groups excluding carboxylic acids is 3. The number of carbonyl (C=O) groups is 3. The van der Waals surface area contributed by atoms with Gasteiger partial charge in [-0.2, -0.15) is 0 Å². The molecule has 0 aromatic heterocycles. The van der Waals surface area contributed by atoms with E-state index in [1.54, 1.807) is 0 Å². The maximum atomic E-state index is 11.9. The summed E-state index contributed by atoms with van der Waals surface area (Å²) in [5.41, 5.74) is 4.74. The number of nitrogens with zero attached hydrogens (tertiary/aromatic N) is 1. The van der Waals surface area contributed by atoms with Crippen molar-refractivity contribution >= 4 is 18.0 Å². The predicted octanol–water partition coefficient (Wildman–Crippen LogP) is -4.59. The van der Waals surface area contributed by atoms with Gasteiger partial charge < -0.3 is 106 Å². The van der Waals surface area contributed by atoms with Crippen LogP contribution in [-0.4, -0.2) is 207 Å². The largest absolute Gasteiger partial charge is 1.00 e. The van der Waals surface area contributed by atoms with Crippen LogP contribution in [0.2, 0.25) is 0 Å². The van der Waals surface area contributed by atoms with Crippen molar-refractivity contribution in [3.05, 3.63) is 20.8 Å². The van der Waals surface area contributed by atoms with Crippen molar-refractivity contribution in [2.45, 2.75) is 63.1 Å². The summed E-state index contributed by atoms with van der Waals surface area (Å²) in [7, 11) is 0. The molecule has 1 saturated heterocycles. The Morgan fingerprint density at radius 1 is 0.638 bits per heavy atom. The molecule has 58 heavy (non-hydrogen) atoms. The van der Waals surface area contributed by atoms with Crippen molar-refractivity contribution in [1.82, 2.24) is 26.2 Å². The molecule has 5 amide bonds. The van der Waals surface area contributed by atoms with Crippen molar-refractivity contribution < 1.29 is 86.5 Å². The molecule has 0 radical (unpaired) electrons. The first kappa shape index (κ1) is 58.2. The molecule has 1 fully saturated rings. The second-order valence-electron chi connectivity index (χ2n) is 12.4. The number of nitrogens with two attached hydrogens (primary N) is 1. The average molecular weight is 833 g/mol. The third-order valence-corrected chi connectivity index (χ3v) is 7.95. The predicted molar refractivity (Wildman–Crippen MR) is 211 cm³/mol. The number of unbranched alkanes of at least 4 members (excludes halogenated alkanes) is 2. The van der Waals surface area contributed by atoms with Crippen molar-refractivity contribution in [3.63, 3.8) is 0 Å². The number of amides is 5. The van der Waals surface area contributed by atoms with E-state index < -0.39 is 37.1 Å². The van der Waals surface area contributed by atoms with Gasteiger partial charge >= 0.3 is 30.9 Å². The summed E-state index contributed by atoms with van der Waals surface area (Å²) >= 11 is 0. The minimum Gasteiger partial charge on any atom is -0.394 e. The van der Waals surface area contributed by atoms with Gasteiger partial charge in [0.05, 0.1) is 105 Å². The Morgan fingerprint density at radius 2 is 1.05 bits per heavy atom. The van der Waals surface area contributed by atoms with Gasteiger partial charge in [-0.15, -0.1) is 19.6 Å². The molecule has 5 atom stereocenters. The van der Waals surface area contributed by atoms with Crippen molar-refractivity contribution in [2.75, 3.05) is 138 Å². The molecule has 1 rings (SSSR count). The van der Waals surface area contributed by atoms with Crippen molar-refractivity contribution in [3.8, 4) is 0 Å². The molecule has 9 N–H and O–H groups in total. The number of aliphatic hydroxyl groups is 3. The molecular formula is C37H73LiN6O14-2. The van der Waals surface area contributed by atoms with Crippen LogP contribution < -0.4 is 45.9 Å². The second kappa shape index (κ2) is 41.8. The van der Waals surface area contributed by atoms with Crippen LogP contribution in [0.1, 0.15) is 32.6 Å². The normalized spacial score (nSPS) is 18.7. The van der Waals surface area contributed by atoms with Gasteiger partial charge in [0.15, 0.2) is 0 Å². The van der Waals surface area contributed by atoms with E-state index in [0.29, 0.717) is 138 Å². The number of hydrogen-bond acceptors (Lipinski definition) is 15. The minimum atomic E-state index is -1.28. The van der Waals surface area contributed by atoms with Gasteiger partial charge in [-0.25, -0.2) is 9.59 Å². The topological polar surface area (TPSA) is 263 Å². The Hall–Kier alpha value is -1.87. The molecule has 20 nitrogen and oxygen atoms in total. The van der Waals surface area contributed by atoms with Gasteiger partial charge in [0.1, 0.15) is 18.3 Å². The smallest absolute Gasteiger partial charge is 0.394 e. The summed E-state index contributed by atoms with van der Waals surface area (Å²) < 4.78 is 44.0. The molecule has 0 aromatic carbocycles. The van der Waals surface area contributed by atoms with E-state index in [0.717, 1.165) is 19.3 Å². The zero-order chi connectivity index (χ0) is 42.4. The SMILES string of the molecule is [CH2-]CN.[CH2-]CN(C[CH2-])C(=O)NCCOCCOCCOCCOCCOCCNC(=O)NCCOCCOCCCCC[C@H]1O[C@H](CO)[C@H](O)[C@H](O)[C@H]1NC(C)=O.[Li+]. The maximum absolute atomic E-state index is 11.9. The van der Waals surface area contributed by atoms with Crippen LogP contribution in [0.15, 0.2) is 0 Å². The number of aliphatic hydroxyl groups excluding tert-OH is 3. The van der Waals surface area contributed by atoms with Crippen molar-refractivity contribution in [1.29, 1.82) is 0 Å². The molecule has 1 aliphatic rings. The van der Waals surface area contributed by atoms with Crippen LogP contribution in [0.25, 0.3) is 0 Å². The van der Waals surface area contributed by atoms with E-state index in [1.165, 1.54) is 11.8 Å². The summed E-state index contributed by atoms with van der Waals surface area (Å²) in [5.74, 6) is -0.333. The molecule has 1 heterocycles. The number of nitrogens with one attached hydrogen (secondary N) is 4. The van der Waals surface area contributed by atoms with Gasteiger partial charge in [-0.05, 0) is 12.8 Å². The fourth-order valence-corrected chi connectivity index (χ4v) is 5.08. The van der Waals surface area contributed by atoms with Gasteiger partial charge in [0, 0.05) is 33.2 Å². The standard InChI is InChI=1S/C35H67N5O14.C2H6N.Li/c1-4-40(5-2)35(46)38-12-16-50-20-22-52-24-26-53-25-23-51-21-19-49-15-11-37-34(45)36-10-14-48-18-17-47-13-8-6-7-9-29-31(39-28(3)42)33(44)32(43)30(27-41)54-29;1-2-3;/h29-33,41,43-44H,1-2,4-27H2,3H3,(H,38,46)(H,39,42)(H2,36,37,45);1-3H2;/q-2;-1;+1/t29-,30-,31+,32+,33-;;/m1../s1. The van der Waals surface area contributed by atoms with E-state index in [2.05, 4.69) is 42.0 Å². The molecule has 21 heteroatoms. The third kappa shape index (κ3) is 32.0. The van der Waals surface area contributed by atoms with Crippen molar-refractivity contribution in [2.24, 2.45) is 5.73 Å². The molecule has 0 aliphatic carbocycles. The summed E-state index contributed by atoms with van der Waals surface area (Å²) in [6, 6.07) is -1.26. The van der Waals surface area contributed by atoms with E-state index in [9.17, 15) is 29.7 Å². The third-order valence-electron chi connectivity index (χ3n) is 7.95. The Morgan fingerprint density at radius 3 is 1.47 bits per heavy atom. The van der Waals surface area contributed by atoms with E-state index >= 15 is 0 Å². The first-order chi connectivity index (χ1) is 27.7. The van der Waals surface area contributed by atoms with E-state index in [1.807, 2.05) is 0 Å². The summed E-state index contributed by atoms with van der Waals surface area (Å²) in [6.07, 6.45) is -0.972. The Kier molecular flexibility index (Phi) is 42.0. The first-order valence-corrected chi connectivity index (χ1v) is 19.7. The summed E-state index contributed by atoms with van der Waals surface area (Å²) in [4.78, 5) is 36.6. The zero-order valence-corrected chi connectivity index (χ0v) is 35.0. The van der Waals surface area contributed by atoms with Crippen LogP contribution in [0, 0.1) is 20.8 Å². The van der Waals surface area contributed by atoms with E-state index in [4.69, 9.17) is 43.6 Å². The van der Waals surface area contributed by atoms with Crippen LogP contribution >= 0.6 is 0 Å². The number of rotatable bonds is 34. The fraction of sp³-hybridized carbons (Fsp3) is 0.838. The summed E-state index contributed by atoms with van der Waals surface area (Å²) in [6.45, 7) is 19.7. The molecule has 0 spiro atoms. The number of hydrogen-bond donors (Lipinski definition) is 8. The van der Waals surface area contributed by atoms with Gasteiger partial charge in [-0.1, -0.05) is 12.8 Å². The molecule has 1 aliphatic heterocycles. The van der Waals surface area contributed by atoms with Crippen LogP contribution in [0.4, 0.5) is 9.59 Å². The van der Waals surface area contributed by atoms with Gasteiger partial charge in [0.2, 0.25) is 5.91 Å². The Labute approximate surface area is 357 Å². The minimum absolute atomic E-state index is 0. The molecule has 0 unspecified atom stereocenters. The molecule has 0 saturated carbocycles. The van der Waals surface area contributed by atoms with Gasteiger partial charge in [-0.3, -0.25) is 4.79 Å². The Balaban J connectivity index is 0. The van der Waals surface area contributed by atoms with Crippen LogP contribution in [0.5, 0.6) is 0 Å². The number of ether oxygens (including phenoxy) is 8. The molecule has 0 aromatic rings. The zero-order valence-electron chi connectivity index (χ0n) is 35.0. The summed E-state index contributed by atoms with van der Waals surface area (Å²) in [5, 5.41) is 40.7.